The van der Waals surface area contributed by atoms with E-state index in [1.54, 1.807) is 0 Å². The Balaban J connectivity index is 1.55. The molecule has 1 aromatic heterocycles. The maximum atomic E-state index is 12.2. The summed E-state index contributed by atoms with van der Waals surface area (Å²) in [5.41, 5.74) is 1.09. The van der Waals surface area contributed by atoms with Gasteiger partial charge in [0.1, 0.15) is 5.01 Å². The molecule has 140 valence electrons. The molecule has 2 amide bonds. The quantitative estimate of drug-likeness (QED) is 0.844. The van der Waals surface area contributed by atoms with Gasteiger partial charge in [-0.05, 0) is 18.4 Å². The van der Waals surface area contributed by atoms with E-state index in [4.69, 9.17) is 4.74 Å². The Hall–Kier alpha value is -1.99. The number of nitrogens with one attached hydrogen (secondary N) is 2. The molecule has 0 saturated carbocycles. The number of ether oxygens (including phenoxy) is 1. The molecule has 2 unspecified atom stereocenters. The van der Waals surface area contributed by atoms with Gasteiger partial charge < -0.3 is 10.1 Å². The van der Waals surface area contributed by atoms with Crippen LogP contribution in [-0.4, -0.2) is 29.4 Å². The number of hydrogen-bond donors (Lipinski definition) is 2. The highest BCUT2D eigenvalue weighted by atomic mass is 32.1. The Labute approximate surface area is 158 Å². The zero-order chi connectivity index (χ0) is 18.6. The maximum Gasteiger partial charge on any atom is 0.321 e. The summed E-state index contributed by atoms with van der Waals surface area (Å²) in [7, 11) is 0. The summed E-state index contributed by atoms with van der Waals surface area (Å²) in [6.07, 6.45) is 2.08. The molecule has 7 heteroatoms. The molecule has 1 aliphatic heterocycles. The third-order valence-electron chi connectivity index (χ3n) is 4.38. The minimum Gasteiger partial charge on any atom is -0.373 e. The first-order valence-electron chi connectivity index (χ1n) is 8.99. The van der Waals surface area contributed by atoms with Crippen molar-refractivity contribution < 1.29 is 9.53 Å². The molecule has 1 aliphatic rings. The van der Waals surface area contributed by atoms with Gasteiger partial charge in [-0.1, -0.05) is 62.4 Å². The summed E-state index contributed by atoms with van der Waals surface area (Å²) < 4.78 is 5.98. The fourth-order valence-electron chi connectivity index (χ4n) is 3.01. The molecule has 0 aliphatic carbocycles. The molecule has 3 rings (SSSR count). The smallest absolute Gasteiger partial charge is 0.321 e. The fraction of sp³-hybridized carbons (Fsp3) is 0.526. The van der Waals surface area contributed by atoms with Crippen molar-refractivity contribution in [2.75, 3.05) is 18.5 Å². The van der Waals surface area contributed by atoms with Crippen LogP contribution < -0.4 is 10.6 Å². The highest BCUT2D eigenvalue weighted by Crippen LogP contribution is 2.33. The van der Waals surface area contributed by atoms with Crippen LogP contribution >= 0.6 is 11.3 Å². The van der Waals surface area contributed by atoms with E-state index in [1.165, 1.54) is 16.9 Å². The Morgan fingerprint density at radius 2 is 2.04 bits per heavy atom. The molecule has 1 aromatic carbocycles. The Morgan fingerprint density at radius 1 is 1.27 bits per heavy atom. The number of nitrogens with zero attached hydrogens (tertiary/aromatic N) is 2. The van der Waals surface area contributed by atoms with E-state index < -0.39 is 0 Å². The monoisotopic (exact) mass is 374 g/mol. The van der Waals surface area contributed by atoms with Gasteiger partial charge in [-0.2, -0.15) is 0 Å². The Bertz CT molecular complexity index is 727. The number of carbonyl (C=O) groups is 1. The summed E-state index contributed by atoms with van der Waals surface area (Å²) in [5, 5.41) is 15.4. The number of anilines is 1. The molecule has 0 spiro atoms. The molecule has 26 heavy (non-hydrogen) atoms. The van der Waals surface area contributed by atoms with Crippen LogP contribution in [0.2, 0.25) is 0 Å². The molecule has 0 bridgehead atoms. The summed E-state index contributed by atoms with van der Waals surface area (Å²) >= 11 is 1.41. The lowest BCUT2D eigenvalue weighted by molar-refractivity contribution is -0.0268. The predicted octanol–water partition coefficient (Wildman–Crippen LogP) is 4.13. The van der Waals surface area contributed by atoms with Crippen LogP contribution in [0.5, 0.6) is 0 Å². The second kappa shape index (κ2) is 8.14. The highest BCUT2D eigenvalue weighted by Gasteiger charge is 2.28. The number of carbonyl (C=O) groups excluding carboxylic acids is 1. The zero-order valence-electron chi connectivity index (χ0n) is 15.5. The van der Waals surface area contributed by atoms with Crippen LogP contribution in [-0.2, 0) is 10.2 Å². The molecule has 1 fully saturated rings. The van der Waals surface area contributed by atoms with E-state index in [9.17, 15) is 4.79 Å². The first kappa shape index (κ1) is 18.8. The standard InChI is InChI=1S/C19H26N4O2S/c1-19(2,3)16-22-23-18(26-16)21-17(24)20-12-14-10-7-11-25-15(14)13-8-5-4-6-9-13/h4-6,8-9,14-15H,7,10-12H2,1-3H3,(H2,20,21,23,24). The molecule has 6 nitrogen and oxygen atoms in total. The number of urea groups is 1. The fourth-order valence-corrected chi connectivity index (χ4v) is 3.80. The van der Waals surface area contributed by atoms with Gasteiger partial charge in [0.2, 0.25) is 5.13 Å². The van der Waals surface area contributed by atoms with Crippen molar-refractivity contribution in [1.29, 1.82) is 0 Å². The lowest BCUT2D eigenvalue weighted by Crippen LogP contribution is -2.37. The van der Waals surface area contributed by atoms with Crippen LogP contribution in [0.15, 0.2) is 30.3 Å². The zero-order valence-corrected chi connectivity index (χ0v) is 16.3. The molecule has 0 radical (unpaired) electrons. The van der Waals surface area contributed by atoms with Crippen molar-refractivity contribution in [2.24, 2.45) is 5.92 Å². The summed E-state index contributed by atoms with van der Waals surface area (Å²) in [4.78, 5) is 12.2. The van der Waals surface area contributed by atoms with Crippen molar-refractivity contribution in [3.8, 4) is 0 Å². The van der Waals surface area contributed by atoms with Crippen LogP contribution in [0.3, 0.4) is 0 Å². The van der Waals surface area contributed by atoms with Gasteiger partial charge in [-0.25, -0.2) is 4.79 Å². The minimum atomic E-state index is -0.251. The molecule has 2 N–H and O–H groups in total. The minimum absolute atomic E-state index is 0.0271. The normalized spacial score (nSPS) is 20.6. The van der Waals surface area contributed by atoms with Gasteiger partial charge in [-0.15, -0.1) is 10.2 Å². The summed E-state index contributed by atoms with van der Waals surface area (Å²) in [6.45, 7) is 7.55. The van der Waals surface area contributed by atoms with E-state index in [1.807, 2.05) is 18.2 Å². The third kappa shape index (κ3) is 4.80. The maximum absolute atomic E-state index is 12.2. The summed E-state index contributed by atoms with van der Waals surface area (Å²) in [6, 6.07) is 9.95. The van der Waals surface area contributed by atoms with Gasteiger partial charge in [0, 0.05) is 24.5 Å². The van der Waals surface area contributed by atoms with E-state index >= 15 is 0 Å². The first-order chi connectivity index (χ1) is 12.4. The number of hydrogen-bond acceptors (Lipinski definition) is 5. The second-order valence-electron chi connectivity index (χ2n) is 7.60. The Morgan fingerprint density at radius 3 is 2.73 bits per heavy atom. The van der Waals surface area contributed by atoms with Crippen LogP contribution in [0.25, 0.3) is 0 Å². The predicted molar refractivity (Wildman–Crippen MR) is 103 cm³/mol. The molecular formula is C19H26N4O2S. The third-order valence-corrected chi connectivity index (χ3v) is 5.65. The van der Waals surface area contributed by atoms with E-state index in [0.29, 0.717) is 11.7 Å². The number of amides is 2. The van der Waals surface area contributed by atoms with Gasteiger partial charge in [0.05, 0.1) is 6.10 Å². The van der Waals surface area contributed by atoms with Crippen LogP contribution in [0, 0.1) is 5.92 Å². The number of aromatic nitrogens is 2. The summed E-state index contributed by atoms with van der Waals surface area (Å²) in [5.74, 6) is 0.261. The van der Waals surface area contributed by atoms with Crippen molar-refractivity contribution in [2.45, 2.75) is 45.1 Å². The van der Waals surface area contributed by atoms with E-state index in [0.717, 1.165) is 24.5 Å². The van der Waals surface area contributed by atoms with Crippen molar-refractivity contribution in [3.05, 3.63) is 40.9 Å². The Kier molecular flexibility index (Phi) is 5.88. The topological polar surface area (TPSA) is 76.1 Å². The lowest BCUT2D eigenvalue weighted by atomic mass is 9.89. The van der Waals surface area contributed by atoms with Crippen LogP contribution in [0.1, 0.15) is 50.3 Å². The molecular weight excluding hydrogens is 348 g/mol. The van der Waals surface area contributed by atoms with Crippen molar-refractivity contribution >= 4 is 22.5 Å². The average Bonchev–Trinajstić information content (AvgIpc) is 3.10. The van der Waals surface area contributed by atoms with Crippen molar-refractivity contribution in [3.63, 3.8) is 0 Å². The molecule has 2 heterocycles. The molecule has 1 saturated heterocycles. The van der Waals surface area contributed by atoms with Crippen molar-refractivity contribution in [1.82, 2.24) is 15.5 Å². The second-order valence-corrected chi connectivity index (χ2v) is 8.58. The SMILES string of the molecule is CC(C)(C)c1nnc(NC(=O)NCC2CCCOC2c2ccccc2)s1. The van der Waals surface area contributed by atoms with Gasteiger partial charge in [0.25, 0.3) is 0 Å². The van der Waals surface area contributed by atoms with Crippen LogP contribution in [0.4, 0.5) is 9.93 Å². The van der Waals surface area contributed by atoms with Gasteiger partial charge in [0.15, 0.2) is 0 Å². The van der Waals surface area contributed by atoms with Gasteiger partial charge in [-0.3, -0.25) is 5.32 Å². The largest absolute Gasteiger partial charge is 0.373 e. The number of benzene rings is 1. The van der Waals surface area contributed by atoms with E-state index in [2.05, 4.69) is 53.7 Å². The number of rotatable bonds is 4. The molecule has 2 atom stereocenters. The first-order valence-corrected chi connectivity index (χ1v) is 9.80. The highest BCUT2D eigenvalue weighted by molar-refractivity contribution is 7.15. The average molecular weight is 375 g/mol. The van der Waals surface area contributed by atoms with Gasteiger partial charge >= 0.3 is 6.03 Å². The lowest BCUT2D eigenvalue weighted by Gasteiger charge is -2.32. The van der Waals surface area contributed by atoms with E-state index in [-0.39, 0.29) is 23.5 Å². The molecule has 2 aromatic rings.